The number of amides is 1. The van der Waals surface area contributed by atoms with Gasteiger partial charge in [-0.3, -0.25) is 4.79 Å². The molecule has 160 valence electrons. The predicted octanol–water partition coefficient (Wildman–Crippen LogP) is 6.07. The van der Waals surface area contributed by atoms with E-state index in [1.165, 1.54) is 30.2 Å². The summed E-state index contributed by atoms with van der Waals surface area (Å²) in [6.45, 7) is 2.30. The average molecular weight is 432 g/mol. The van der Waals surface area contributed by atoms with Gasteiger partial charge in [0.1, 0.15) is 0 Å². The van der Waals surface area contributed by atoms with E-state index in [1.807, 2.05) is 18.2 Å². The minimum Gasteiger partial charge on any atom is -0.356 e. The van der Waals surface area contributed by atoms with Crippen LogP contribution in [0.3, 0.4) is 0 Å². The van der Waals surface area contributed by atoms with Gasteiger partial charge in [-0.1, -0.05) is 67.9 Å². The molecule has 2 fully saturated rings. The van der Waals surface area contributed by atoms with Crippen molar-refractivity contribution in [2.75, 3.05) is 5.32 Å². The topological polar surface area (TPSA) is 37.3 Å². The molecular formula is C26H29N3OS. The van der Waals surface area contributed by atoms with E-state index in [4.69, 9.17) is 0 Å². The summed E-state index contributed by atoms with van der Waals surface area (Å²) in [5.74, 6) is 0.681. The molecule has 1 unspecified atom stereocenters. The largest absolute Gasteiger partial charge is 0.356 e. The molecule has 0 radical (unpaired) electrons. The number of aromatic nitrogens is 1. The second-order valence-electron chi connectivity index (χ2n) is 8.74. The summed E-state index contributed by atoms with van der Waals surface area (Å²) >= 11 is 1.65. The fraction of sp³-hybridized carbons (Fsp3) is 0.346. The van der Waals surface area contributed by atoms with Crippen molar-refractivity contribution >= 4 is 40.3 Å². The van der Waals surface area contributed by atoms with Crippen LogP contribution in [0, 0.1) is 5.92 Å². The molecule has 1 aliphatic heterocycles. The number of benzene rings is 2. The zero-order valence-electron chi connectivity index (χ0n) is 18.1. The summed E-state index contributed by atoms with van der Waals surface area (Å²) in [6, 6.07) is 18.9. The number of hydrogen-bond acceptors (Lipinski definition) is 3. The Labute approximate surface area is 188 Å². The minimum absolute atomic E-state index is 0.0818. The Hall–Kier alpha value is -2.66. The molecule has 2 aliphatic rings. The molecule has 1 saturated heterocycles. The lowest BCUT2D eigenvalue weighted by Gasteiger charge is -2.39. The summed E-state index contributed by atoms with van der Waals surface area (Å²) in [5.41, 5.74) is 3.25. The zero-order valence-corrected chi connectivity index (χ0v) is 18.9. The monoisotopic (exact) mass is 431 g/mol. The van der Waals surface area contributed by atoms with E-state index in [0.717, 1.165) is 22.6 Å². The summed E-state index contributed by atoms with van der Waals surface area (Å²) in [4.78, 5) is 16.6. The van der Waals surface area contributed by atoms with Crippen LogP contribution in [0.1, 0.15) is 38.2 Å². The Morgan fingerprint density at radius 2 is 1.77 bits per heavy atom. The van der Waals surface area contributed by atoms with E-state index in [0.29, 0.717) is 5.92 Å². The molecule has 3 aromatic rings. The minimum atomic E-state index is -0.0818. The van der Waals surface area contributed by atoms with Crippen LogP contribution in [0.15, 0.2) is 65.7 Å². The number of aryl methyl sites for hydroxylation is 1. The van der Waals surface area contributed by atoms with Gasteiger partial charge in [0.15, 0.2) is 5.50 Å². The number of hydrogen-bond donors (Lipinski definition) is 1. The normalized spacial score (nSPS) is 25.5. The van der Waals surface area contributed by atoms with Crippen molar-refractivity contribution in [3.63, 3.8) is 0 Å². The highest BCUT2D eigenvalue weighted by molar-refractivity contribution is 8.05. The molecule has 2 aromatic carbocycles. The fourth-order valence-electron chi connectivity index (χ4n) is 5.00. The van der Waals surface area contributed by atoms with Crippen LogP contribution in [-0.2, 0) is 11.8 Å². The van der Waals surface area contributed by atoms with Crippen LogP contribution in [0.25, 0.3) is 17.0 Å². The average Bonchev–Trinajstić information content (AvgIpc) is 3.26. The maximum Gasteiger partial charge on any atom is 0.262 e. The third-order valence-electron chi connectivity index (χ3n) is 6.64. The maximum absolute atomic E-state index is 13.7. The highest BCUT2D eigenvalue weighted by atomic mass is 32.2. The number of anilines is 1. The second kappa shape index (κ2) is 8.46. The van der Waals surface area contributed by atoms with Gasteiger partial charge in [-0.05, 0) is 43.0 Å². The first-order valence-electron chi connectivity index (χ1n) is 11.2. The SMILES string of the molecule is C[C@@H]1CCCC[C@@H]1N1C(=O)/C(=C/c2cn(C)c3ccccc23)SC1Nc1ccccc1. The molecule has 1 aliphatic carbocycles. The smallest absolute Gasteiger partial charge is 0.262 e. The van der Waals surface area contributed by atoms with Crippen LogP contribution in [-0.4, -0.2) is 26.9 Å². The summed E-state index contributed by atoms with van der Waals surface area (Å²) in [6.07, 6.45) is 8.95. The van der Waals surface area contributed by atoms with Gasteiger partial charge < -0.3 is 14.8 Å². The third-order valence-corrected chi connectivity index (χ3v) is 7.75. The lowest BCUT2D eigenvalue weighted by molar-refractivity contribution is -0.129. The first-order chi connectivity index (χ1) is 15.1. The van der Waals surface area contributed by atoms with Crippen LogP contribution in [0.4, 0.5) is 5.69 Å². The van der Waals surface area contributed by atoms with Gasteiger partial charge in [-0.2, -0.15) is 0 Å². The van der Waals surface area contributed by atoms with Crippen LogP contribution < -0.4 is 5.32 Å². The molecule has 31 heavy (non-hydrogen) atoms. The van der Waals surface area contributed by atoms with E-state index < -0.39 is 0 Å². The highest BCUT2D eigenvalue weighted by Crippen LogP contribution is 2.42. The number of nitrogens with one attached hydrogen (secondary N) is 1. The molecule has 0 bridgehead atoms. The van der Waals surface area contributed by atoms with Crippen molar-refractivity contribution in [3.8, 4) is 0 Å². The van der Waals surface area contributed by atoms with E-state index >= 15 is 0 Å². The second-order valence-corrected chi connectivity index (χ2v) is 9.87. The van der Waals surface area contributed by atoms with Gasteiger partial charge in [0.25, 0.3) is 5.91 Å². The quantitative estimate of drug-likeness (QED) is 0.510. The number of carbonyl (C=O) groups is 1. The molecule has 1 N–H and O–H groups in total. The lowest BCUT2D eigenvalue weighted by Crippen LogP contribution is -2.48. The molecule has 1 saturated carbocycles. The van der Waals surface area contributed by atoms with E-state index in [1.54, 1.807) is 11.8 Å². The first-order valence-corrected chi connectivity index (χ1v) is 12.1. The Bertz CT molecular complexity index is 1120. The van der Waals surface area contributed by atoms with Crippen molar-refractivity contribution in [1.82, 2.24) is 9.47 Å². The van der Waals surface area contributed by atoms with E-state index in [-0.39, 0.29) is 17.4 Å². The Balaban J connectivity index is 1.51. The van der Waals surface area contributed by atoms with Crippen LogP contribution >= 0.6 is 11.8 Å². The standard InChI is InChI=1S/C26H29N3OS/c1-18-10-6-8-14-22(18)29-25(30)24(31-26(29)27-20-11-4-3-5-12-20)16-19-17-28(2)23-15-9-7-13-21(19)23/h3-5,7,9,11-13,15-18,22,26-27H,6,8,10,14H2,1-2H3/b24-16-/t18-,22+,26?/m1/s1. The molecule has 1 amide bonds. The van der Waals surface area contributed by atoms with Gasteiger partial charge in [0.2, 0.25) is 0 Å². The van der Waals surface area contributed by atoms with Crippen LogP contribution in [0.2, 0.25) is 0 Å². The summed E-state index contributed by atoms with van der Waals surface area (Å²) in [5, 5.41) is 4.80. The molecule has 2 heterocycles. The van der Waals surface area contributed by atoms with Crippen molar-refractivity contribution in [2.24, 2.45) is 13.0 Å². The Morgan fingerprint density at radius 3 is 2.58 bits per heavy atom. The summed E-state index contributed by atoms with van der Waals surface area (Å²) < 4.78 is 2.13. The third kappa shape index (κ3) is 3.87. The number of fused-ring (bicyclic) bond motifs is 1. The van der Waals surface area contributed by atoms with Crippen LogP contribution in [0.5, 0.6) is 0 Å². The summed E-state index contributed by atoms with van der Waals surface area (Å²) in [7, 11) is 2.06. The number of para-hydroxylation sites is 2. The van der Waals surface area contributed by atoms with Gasteiger partial charge >= 0.3 is 0 Å². The first kappa shape index (κ1) is 20.3. The van der Waals surface area contributed by atoms with Crippen molar-refractivity contribution in [1.29, 1.82) is 0 Å². The number of nitrogens with zero attached hydrogens (tertiary/aromatic N) is 2. The lowest BCUT2D eigenvalue weighted by atomic mass is 9.85. The Morgan fingerprint density at radius 1 is 1.03 bits per heavy atom. The number of thioether (sulfide) groups is 1. The van der Waals surface area contributed by atoms with Gasteiger partial charge in [0, 0.05) is 41.4 Å². The van der Waals surface area contributed by atoms with E-state index in [2.05, 4.69) is 77.4 Å². The number of carbonyl (C=O) groups excluding carboxylic acids is 1. The molecule has 5 heteroatoms. The van der Waals surface area contributed by atoms with E-state index in [9.17, 15) is 4.79 Å². The van der Waals surface area contributed by atoms with Crippen molar-refractivity contribution in [2.45, 2.75) is 44.1 Å². The fourth-order valence-corrected chi connectivity index (χ4v) is 6.20. The Kier molecular flexibility index (Phi) is 5.53. The highest BCUT2D eigenvalue weighted by Gasteiger charge is 2.42. The molecule has 4 nitrogen and oxygen atoms in total. The molecule has 5 rings (SSSR count). The van der Waals surface area contributed by atoms with Crippen molar-refractivity contribution < 1.29 is 4.79 Å². The number of rotatable bonds is 4. The predicted molar refractivity (Wildman–Crippen MR) is 131 cm³/mol. The van der Waals surface area contributed by atoms with Gasteiger partial charge in [-0.25, -0.2) is 0 Å². The van der Waals surface area contributed by atoms with Gasteiger partial charge in [0.05, 0.1) is 4.91 Å². The van der Waals surface area contributed by atoms with Crippen molar-refractivity contribution in [3.05, 3.63) is 71.3 Å². The molecule has 1 aromatic heterocycles. The van der Waals surface area contributed by atoms with Gasteiger partial charge in [-0.15, -0.1) is 0 Å². The molecule has 3 atom stereocenters. The zero-order chi connectivity index (χ0) is 21.4. The molecule has 0 spiro atoms. The maximum atomic E-state index is 13.7. The molecular weight excluding hydrogens is 402 g/mol.